The summed E-state index contributed by atoms with van der Waals surface area (Å²) < 4.78 is 0. The Hall–Kier alpha value is -1.62. The van der Waals surface area contributed by atoms with Crippen LogP contribution < -0.4 is 5.43 Å². The van der Waals surface area contributed by atoms with E-state index >= 15 is 0 Å². The van der Waals surface area contributed by atoms with E-state index in [-0.39, 0.29) is 12.1 Å². The van der Waals surface area contributed by atoms with Gasteiger partial charge in [-0.25, -0.2) is 4.84 Å². The molecule has 0 amide bonds. The summed E-state index contributed by atoms with van der Waals surface area (Å²) in [7, 11) is 0. The van der Waals surface area contributed by atoms with Crippen molar-refractivity contribution in [3.63, 3.8) is 0 Å². The molecule has 1 saturated carbocycles. The number of nitrogens with zero attached hydrogens (tertiary/aromatic N) is 2. The number of hydroxylamine groups is 1. The molecule has 96 valence electrons. The van der Waals surface area contributed by atoms with Gasteiger partial charge in [0.2, 0.25) is 0 Å². The fourth-order valence-electron chi connectivity index (χ4n) is 2.72. The Morgan fingerprint density at radius 3 is 2.89 bits per heavy atom. The van der Waals surface area contributed by atoms with Crippen LogP contribution >= 0.6 is 0 Å². The van der Waals surface area contributed by atoms with Gasteiger partial charge in [0, 0.05) is 5.17 Å². The number of hydrogen-bond acceptors (Lipinski definition) is 2. The summed E-state index contributed by atoms with van der Waals surface area (Å²) in [6.45, 7) is 0.435. The molecule has 1 heterocycles. The zero-order valence-corrected chi connectivity index (χ0v) is 10.3. The van der Waals surface area contributed by atoms with Gasteiger partial charge < -0.3 is 0 Å². The number of fused-ring (bicyclic) bond motifs is 1. The van der Waals surface area contributed by atoms with Crippen molar-refractivity contribution in [2.45, 2.75) is 44.4 Å². The second-order valence-electron chi connectivity index (χ2n) is 4.92. The molecule has 0 bridgehead atoms. The van der Waals surface area contributed by atoms with Crippen molar-refractivity contribution in [2.24, 2.45) is 0 Å². The Kier molecular flexibility index (Phi) is 3.15. The second kappa shape index (κ2) is 4.94. The van der Waals surface area contributed by atoms with Crippen molar-refractivity contribution in [3.05, 3.63) is 40.8 Å². The van der Waals surface area contributed by atoms with Gasteiger partial charge in [-0.1, -0.05) is 43.2 Å². The van der Waals surface area contributed by atoms with Gasteiger partial charge in [0.15, 0.2) is 0 Å². The van der Waals surface area contributed by atoms with Crippen molar-refractivity contribution in [1.29, 1.82) is 0 Å². The standard InChI is InChI=1S/C13H18N3O2/c17-16-14-12-8-4-5-9-13(12)15(16)18-10-11-6-2-1-3-7-11/h1-3,6-7,12-13H,4-5,8-10H2,(H,14,17)/q+1/t12-,13-/m1/s1. The number of hydrazine groups is 2. The zero-order chi connectivity index (χ0) is 12.4. The fraction of sp³-hybridized carbons (Fsp3) is 0.538. The van der Waals surface area contributed by atoms with Crippen molar-refractivity contribution in [1.82, 2.24) is 10.6 Å². The third-order valence-electron chi connectivity index (χ3n) is 3.67. The second-order valence-corrected chi connectivity index (χ2v) is 4.92. The third kappa shape index (κ3) is 2.18. The smallest absolute Gasteiger partial charge is 0.215 e. The Morgan fingerprint density at radius 1 is 1.28 bits per heavy atom. The van der Waals surface area contributed by atoms with Gasteiger partial charge in [-0.3, -0.25) is 0 Å². The largest absolute Gasteiger partial charge is 0.275 e. The predicted octanol–water partition coefficient (Wildman–Crippen LogP) is 1.94. The van der Waals surface area contributed by atoms with E-state index < -0.39 is 0 Å². The summed E-state index contributed by atoms with van der Waals surface area (Å²) in [6.07, 6.45) is 4.43. The van der Waals surface area contributed by atoms with Gasteiger partial charge in [0.05, 0.1) is 4.91 Å². The maximum atomic E-state index is 11.8. The van der Waals surface area contributed by atoms with Crippen LogP contribution in [-0.2, 0) is 11.4 Å². The summed E-state index contributed by atoms with van der Waals surface area (Å²) in [4.78, 5) is 18.2. The van der Waals surface area contributed by atoms with Crippen LogP contribution in [0.15, 0.2) is 30.3 Å². The summed E-state index contributed by atoms with van der Waals surface area (Å²) in [5, 5.41) is 1.47. The van der Waals surface area contributed by atoms with Crippen molar-refractivity contribution in [2.75, 3.05) is 0 Å². The van der Waals surface area contributed by atoms with Crippen LogP contribution in [0.25, 0.3) is 0 Å². The van der Waals surface area contributed by atoms with Crippen LogP contribution in [-0.4, -0.2) is 22.2 Å². The fourth-order valence-corrected chi connectivity index (χ4v) is 2.72. The van der Waals surface area contributed by atoms with E-state index in [9.17, 15) is 4.91 Å². The molecule has 5 heteroatoms. The van der Waals surface area contributed by atoms with Gasteiger partial charge in [-0.15, -0.1) is 5.43 Å². The molecule has 5 nitrogen and oxygen atoms in total. The van der Waals surface area contributed by atoms with Crippen LogP contribution in [0, 0.1) is 4.91 Å². The molecule has 0 unspecified atom stereocenters. The van der Waals surface area contributed by atoms with Crippen LogP contribution in [0.4, 0.5) is 0 Å². The molecule has 2 atom stereocenters. The molecule has 1 aromatic rings. The van der Waals surface area contributed by atoms with E-state index in [1.54, 1.807) is 0 Å². The molecule has 2 aliphatic rings. The van der Waals surface area contributed by atoms with Crippen LogP contribution in [0.3, 0.4) is 0 Å². The van der Waals surface area contributed by atoms with Gasteiger partial charge in [0.25, 0.3) is 4.98 Å². The van der Waals surface area contributed by atoms with Gasteiger partial charge in [0.1, 0.15) is 18.7 Å². The number of nitrogens with one attached hydrogen (secondary N) is 1. The summed E-state index contributed by atoms with van der Waals surface area (Å²) >= 11 is 0. The molecule has 1 N–H and O–H groups in total. The lowest BCUT2D eigenvalue weighted by Crippen LogP contribution is -2.39. The maximum absolute atomic E-state index is 11.8. The van der Waals surface area contributed by atoms with Crippen molar-refractivity contribution in [3.8, 4) is 0 Å². The summed E-state index contributed by atoms with van der Waals surface area (Å²) in [6, 6.07) is 10.3. The lowest BCUT2D eigenvalue weighted by Gasteiger charge is -2.21. The Bertz CT molecular complexity index is 424. The van der Waals surface area contributed by atoms with E-state index in [2.05, 4.69) is 5.43 Å². The van der Waals surface area contributed by atoms with E-state index in [0.717, 1.165) is 23.4 Å². The molecule has 1 saturated heterocycles. The molecule has 0 spiro atoms. The molecular formula is C13H18N3O2+. The van der Waals surface area contributed by atoms with Gasteiger partial charge >= 0.3 is 0 Å². The molecule has 1 aliphatic carbocycles. The lowest BCUT2D eigenvalue weighted by atomic mass is 9.92. The quantitative estimate of drug-likeness (QED) is 0.830. The highest BCUT2D eigenvalue weighted by atomic mass is 16.8. The highest BCUT2D eigenvalue weighted by Crippen LogP contribution is 2.27. The number of rotatable bonds is 3. The third-order valence-corrected chi connectivity index (χ3v) is 3.67. The summed E-state index contributed by atoms with van der Waals surface area (Å²) in [5.41, 5.74) is 4.00. The van der Waals surface area contributed by atoms with E-state index in [1.165, 1.54) is 18.0 Å². The maximum Gasteiger partial charge on any atom is 0.275 e. The Labute approximate surface area is 106 Å². The Morgan fingerprint density at radius 2 is 2.06 bits per heavy atom. The molecular weight excluding hydrogens is 230 g/mol. The normalized spacial score (nSPS) is 26.9. The van der Waals surface area contributed by atoms with Gasteiger partial charge in [-0.2, -0.15) is 0 Å². The first-order valence-corrected chi connectivity index (χ1v) is 6.54. The first-order valence-electron chi connectivity index (χ1n) is 6.54. The lowest BCUT2D eigenvalue weighted by molar-refractivity contribution is -0.799. The van der Waals surface area contributed by atoms with Crippen LogP contribution in [0.5, 0.6) is 0 Å². The molecule has 1 aliphatic heterocycles. The van der Waals surface area contributed by atoms with E-state index in [1.807, 2.05) is 30.3 Å². The number of nitroso groups, excluding NO2 is 1. The Balaban J connectivity index is 1.63. The minimum Gasteiger partial charge on any atom is -0.215 e. The minimum atomic E-state index is 0.181. The average molecular weight is 248 g/mol. The summed E-state index contributed by atoms with van der Waals surface area (Å²) in [5.74, 6) is 0. The molecule has 1 aromatic carbocycles. The first kappa shape index (κ1) is 11.5. The predicted molar refractivity (Wildman–Crippen MR) is 65.9 cm³/mol. The van der Waals surface area contributed by atoms with Crippen LogP contribution in [0.2, 0.25) is 0 Å². The zero-order valence-electron chi connectivity index (χ0n) is 10.3. The van der Waals surface area contributed by atoms with E-state index in [0.29, 0.717) is 6.61 Å². The van der Waals surface area contributed by atoms with Crippen LogP contribution in [0.1, 0.15) is 31.2 Å². The average Bonchev–Trinajstić information content (AvgIpc) is 2.73. The molecule has 3 rings (SSSR count). The minimum absolute atomic E-state index is 0.181. The molecule has 2 fully saturated rings. The molecule has 18 heavy (non-hydrogen) atoms. The van der Waals surface area contributed by atoms with Crippen molar-refractivity contribution < 1.29 is 9.82 Å². The first-order chi connectivity index (χ1) is 8.84. The van der Waals surface area contributed by atoms with E-state index in [4.69, 9.17) is 4.84 Å². The van der Waals surface area contributed by atoms with Crippen molar-refractivity contribution >= 4 is 0 Å². The number of hydrogen-bond donors (Lipinski definition) is 1. The molecule has 0 aromatic heterocycles. The topological polar surface area (TPSA) is 44.6 Å². The monoisotopic (exact) mass is 248 g/mol. The van der Waals surface area contributed by atoms with Gasteiger partial charge in [-0.05, 0) is 18.4 Å². The highest BCUT2D eigenvalue weighted by molar-refractivity contribution is 5.13. The SMILES string of the molecule is O=[N+]1N[C@@H]2CCCC[C@H]2N1OCc1ccccc1. The highest BCUT2D eigenvalue weighted by Gasteiger charge is 2.49. The molecule has 0 radical (unpaired) electrons. The number of benzene rings is 1.